The van der Waals surface area contributed by atoms with Crippen molar-refractivity contribution in [3.05, 3.63) is 130 Å². The molecule has 400 valence electrons. The number of nitrogens with zero attached hydrogens (tertiary/aromatic N) is 5. The maximum Gasteiger partial charge on any atom is 0.294 e. The minimum atomic E-state index is -4.56. The van der Waals surface area contributed by atoms with Crippen molar-refractivity contribution in [2.24, 2.45) is 0 Å². The van der Waals surface area contributed by atoms with Gasteiger partial charge in [0.25, 0.3) is 30.4 Å². The smallest absolute Gasteiger partial charge is 0.294 e. The molecule has 19 nitrogen and oxygen atoms in total. The van der Waals surface area contributed by atoms with Gasteiger partial charge in [-0.25, -0.2) is 5.06 Å². The molecule has 0 spiro atoms. The fourth-order valence-electron chi connectivity index (χ4n) is 9.60. The average molecular weight is 1080 g/mol. The van der Waals surface area contributed by atoms with Gasteiger partial charge < -0.3 is 18.9 Å². The maximum atomic E-state index is 12.5. The third-order valence-corrected chi connectivity index (χ3v) is 15.9. The van der Waals surface area contributed by atoms with E-state index in [1.54, 1.807) is 18.9 Å². The normalized spacial score (nSPS) is 17.9. The molecule has 2 aliphatic heterocycles. The molecule has 0 saturated carbocycles. The summed E-state index contributed by atoms with van der Waals surface area (Å²) in [6, 6.07) is 11.2. The lowest BCUT2D eigenvalue weighted by Gasteiger charge is -2.27. The number of hydrogen-bond acceptors (Lipinski definition) is 14. The number of unbranched alkanes of at least 4 members (excludes halogenated alkanes) is 1. The van der Waals surface area contributed by atoms with Crippen LogP contribution in [0, 0.1) is 20.8 Å². The number of ether oxygens (including phenoxy) is 4. The zero-order valence-corrected chi connectivity index (χ0v) is 45.4. The summed E-state index contributed by atoms with van der Waals surface area (Å²) < 4.78 is 131. The zero-order chi connectivity index (χ0) is 53.8. The number of rotatable bonds is 23. The second kappa shape index (κ2) is 22.8. The van der Waals surface area contributed by atoms with Crippen LogP contribution < -0.4 is 9.80 Å². The van der Waals surface area contributed by atoms with E-state index in [2.05, 4.69) is 10.3 Å². The van der Waals surface area contributed by atoms with Gasteiger partial charge in [-0.2, -0.15) is 29.8 Å². The van der Waals surface area contributed by atoms with Gasteiger partial charge in [-0.15, -0.1) is 5.10 Å². The van der Waals surface area contributed by atoms with E-state index in [-0.39, 0.29) is 27.9 Å². The Morgan fingerprint density at radius 2 is 1.28 bits per heavy atom. The van der Waals surface area contributed by atoms with Crippen LogP contribution in [-0.2, 0) is 66.8 Å². The van der Waals surface area contributed by atoms with Crippen LogP contribution in [0.4, 0.5) is 11.4 Å². The molecular formula is C52H66N5O14S3+. The van der Waals surface area contributed by atoms with Crippen molar-refractivity contribution in [3.8, 4) is 5.75 Å². The third-order valence-electron chi connectivity index (χ3n) is 13.4. The summed E-state index contributed by atoms with van der Waals surface area (Å²) in [5.41, 5.74) is 6.41. The summed E-state index contributed by atoms with van der Waals surface area (Å²) in [6.45, 7) is 16.5. The van der Waals surface area contributed by atoms with Gasteiger partial charge >= 0.3 is 0 Å². The Kier molecular flexibility index (Phi) is 17.4. The summed E-state index contributed by atoms with van der Waals surface area (Å²) in [7, 11) is -11.6. The Morgan fingerprint density at radius 3 is 1.89 bits per heavy atom. The molecule has 3 heterocycles. The molecule has 0 atom stereocenters. The molecule has 0 unspecified atom stereocenters. The lowest BCUT2D eigenvalue weighted by atomic mass is 9.80. The van der Waals surface area contributed by atoms with E-state index < -0.39 is 41.2 Å². The molecule has 0 bridgehead atoms. The van der Waals surface area contributed by atoms with Gasteiger partial charge in [0.15, 0.2) is 5.71 Å². The molecule has 3 aliphatic rings. The van der Waals surface area contributed by atoms with E-state index in [4.69, 9.17) is 23.8 Å². The Bertz CT molecular complexity index is 3260. The first kappa shape index (κ1) is 56.3. The molecule has 7 rings (SSSR count). The molecule has 0 radical (unpaired) electrons. The molecule has 1 aromatic heterocycles. The molecular weight excluding hydrogens is 1010 g/mol. The number of aromatic nitrogens is 3. The summed E-state index contributed by atoms with van der Waals surface area (Å²) in [5, 5.41) is 9.72. The van der Waals surface area contributed by atoms with E-state index in [0.717, 1.165) is 59.6 Å². The van der Waals surface area contributed by atoms with Crippen molar-refractivity contribution in [1.82, 2.24) is 15.0 Å². The maximum absolute atomic E-state index is 12.5. The first-order valence-electron chi connectivity index (χ1n) is 24.3. The van der Waals surface area contributed by atoms with Gasteiger partial charge in [-0.1, -0.05) is 25.1 Å². The van der Waals surface area contributed by atoms with Crippen molar-refractivity contribution < 1.29 is 67.3 Å². The number of anilines is 1. The predicted octanol–water partition coefficient (Wildman–Crippen LogP) is 8.09. The largest absolute Gasteiger partial charge is 0.457 e. The topological polar surface area (TPSA) is 246 Å². The lowest BCUT2D eigenvalue weighted by Crippen LogP contribution is -2.28. The highest BCUT2D eigenvalue weighted by Gasteiger charge is 2.45. The quantitative estimate of drug-likeness (QED) is 0.0361. The molecule has 3 N–H and O–H groups in total. The number of fused-ring (bicyclic) bond motifs is 2. The van der Waals surface area contributed by atoms with Crippen molar-refractivity contribution >= 4 is 47.4 Å². The third kappa shape index (κ3) is 13.0. The Hall–Kier alpha value is -5.40. The Balaban J connectivity index is 1.13. The average Bonchev–Trinajstić information content (AvgIpc) is 3.90. The van der Waals surface area contributed by atoms with Crippen LogP contribution in [0.3, 0.4) is 0 Å². The molecule has 0 saturated heterocycles. The number of hydrogen-bond donors (Lipinski definition) is 3. The van der Waals surface area contributed by atoms with E-state index >= 15 is 0 Å². The monoisotopic (exact) mass is 1080 g/mol. The molecule has 0 amide bonds. The van der Waals surface area contributed by atoms with Crippen LogP contribution in [0.1, 0.15) is 87.7 Å². The minimum absolute atomic E-state index is 0.118. The number of allylic oxidation sites excluding steroid dienone is 7. The van der Waals surface area contributed by atoms with E-state index in [9.17, 15) is 38.9 Å². The van der Waals surface area contributed by atoms with Gasteiger partial charge in [-0.3, -0.25) is 23.2 Å². The Labute approximate surface area is 434 Å². The minimum Gasteiger partial charge on any atom is -0.457 e. The standard InChI is InChI=1S/C52H65N5O14S3/c1-35-30-42(73(61,62)63)32-44-48(35)55(8)46(51(44,4)5)20-14-38-12-11-13-39(50(38)71-40-16-18-41(19-17-40)72(58,59)60)15-21-47-52(6,7)45-33-43(74(64,65)66)31-36(2)49(45)57(47)70-29-28-69-27-26-68-25-24-67-23-10-9-22-56-34-37(3)53-54-56/h14-21,30-34H,9-13,22-29H2,1-8H3,(H2-,58,59,60,61,62,63,64,65,66)/p+1. The van der Waals surface area contributed by atoms with E-state index in [1.807, 2.05) is 81.4 Å². The van der Waals surface area contributed by atoms with Crippen molar-refractivity contribution in [3.63, 3.8) is 0 Å². The van der Waals surface area contributed by atoms with E-state index in [0.29, 0.717) is 85.5 Å². The number of benzene rings is 3. The second-order valence-corrected chi connectivity index (χ2v) is 23.8. The van der Waals surface area contributed by atoms with Crippen LogP contribution in [0.15, 0.2) is 116 Å². The summed E-state index contributed by atoms with van der Waals surface area (Å²) in [6.07, 6.45) is 13.3. The molecule has 74 heavy (non-hydrogen) atoms. The van der Waals surface area contributed by atoms with Gasteiger partial charge in [-0.05, 0) is 150 Å². The first-order valence-corrected chi connectivity index (χ1v) is 28.6. The van der Waals surface area contributed by atoms with Crippen LogP contribution in [0.5, 0.6) is 5.75 Å². The van der Waals surface area contributed by atoms with Crippen LogP contribution in [-0.4, -0.2) is 117 Å². The zero-order valence-electron chi connectivity index (χ0n) is 43.0. The van der Waals surface area contributed by atoms with Crippen molar-refractivity contribution in [2.75, 3.05) is 58.4 Å². The van der Waals surface area contributed by atoms with Crippen LogP contribution >= 0.6 is 0 Å². The molecule has 1 aliphatic carbocycles. The predicted molar refractivity (Wildman–Crippen MR) is 277 cm³/mol. The van der Waals surface area contributed by atoms with Crippen molar-refractivity contribution in [1.29, 1.82) is 0 Å². The molecule has 0 fully saturated rings. The SMILES string of the molecule is Cc1cn(CCCCOCCOCCOCCON2/C(=C/C=C3\CCCC(/C=C/C4=[N+](C)c5c(C)cc(S(=O)(=O)O)cc5C4(C)C)=C3Oc3ccc(S(=O)(=O)O)cc3)C(C)(C)c3cc(S(=O)(=O)O)cc(C)c32)nn1. The summed E-state index contributed by atoms with van der Waals surface area (Å²) >= 11 is 0. The van der Waals surface area contributed by atoms with Gasteiger partial charge in [0.2, 0.25) is 5.69 Å². The highest BCUT2D eigenvalue weighted by Crippen LogP contribution is 2.51. The lowest BCUT2D eigenvalue weighted by molar-refractivity contribution is -0.402. The van der Waals surface area contributed by atoms with Crippen LogP contribution in [0.2, 0.25) is 0 Å². The second-order valence-electron chi connectivity index (χ2n) is 19.5. The van der Waals surface area contributed by atoms with Gasteiger partial charge in [0.05, 0.1) is 76.8 Å². The fraction of sp³-hybridized carbons (Fsp3) is 0.442. The van der Waals surface area contributed by atoms with E-state index in [1.165, 1.54) is 48.5 Å². The number of hydroxylamine groups is 1. The molecule has 3 aromatic carbocycles. The van der Waals surface area contributed by atoms with Crippen LogP contribution in [0.25, 0.3) is 0 Å². The highest BCUT2D eigenvalue weighted by atomic mass is 32.2. The first-order chi connectivity index (χ1) is 34.8. The highest BCUT2D eigenvalue weighted by molar-refractivity contribution is 7.86. The van der Waals surface area contributed by atoms with Gasteiger partial charge in [0.1, 0.15) is 18.6 Å². The summed E-state index contributed by atoms with van der Waals surface area (Å²) in [5.74, 6) is 0.796. The Morgan fingerprint density at radius 1 is 0.689 bits per heavy atom. The fourth-order valence-corrected chi connectivity index (χ4v) is 11.3. The van der Waals surface area contributed by atoms with Gasteiger partial charge in [0, 0.05) is 42.0 Å². The number of aryl methyl sites for hydroxylation is 4. The molecule has 4 aromatic rings. The molecule has 22 heteroatoms. The van der Waals surface area contributed by atoms with Crippen molar-refractivity contribution in [2.45, 2.75) is 113 Å². The summed E-state index contributed by atoms with van der Waals surface area (Å²) in [4.78, 5) is 5.73.